The summed E-state index contributed by atoms with van der Waals surface area (Å²) in [5.74, 6) is -1.21. The first-order chi connectivity index (χ1) is 6.97. The molecule has 1 rings (SSSR count). The van der Waals surface area contributed by atoms with Gasteiger partial charge in [0.05, 0.1) is 0 Å². The Kier molecular flexibility index (Phi) is 3.04. The van der Waals surface area contributed by atoms with E-state index in [9.17, 15) is 9.59 Å². The molecule has 5 nitrogen and oxygen atoms in total. The number of nitrogens with two attached hydrogens (primary N) is 2. The van der Waals surface area contributed by atoms with E-state index in [-0.39, 0.29) is 5.69 Å². The molecule has 15 heavy (non-hydrogen) atoms. The third kappa shape index (κ3) is 2.12. The van der Waals surface area contributed by atoms with Crippen molar-refractivity contribution in [3.05, 3.63) is 28.6 Å². The van der Waals surface area contributed by atoms with E-state index in [0.717, 1.165) is 0 Å². The number of amides is 2. The van der Waals surface area contributed by atoms with Crippen molar-refractivity contribution in [2.75, 3.05) is 0 Å². The van der Waals surface area contributed by atoms with Crippen molar-refractivity contribution < 1.29 is 9.59 Å². The van der Waals surface area contributed by atoms with Gasteiger partial charge in [-0.2, -0.15) is 0 Å². The highest BCUT2D eigenvalue weighted by atomic mass is 16.1. The largest absolute Gasteiger partial charge is 0.366 e. The van der Waals surface area contributed by atoms with Crippen LogP contribution in [0.1, 0.15) is 39.0 Å². The first-order valence-electron chi connectivity index (χ1n) is 4.57. The normalized spacial score (nSPS) is 10.0. The third-order valence-electron chi connectivity index (χ3n) is 2.10. The maximum Gasteiger partial charge on any atom is 0.267 e. The Labute approximate surface area is 87.5 Å². The molecule has 0 aliphatic heterocycles. The number of carbonyl (C=O) groups excluding carboxylic acids is 2. The molecule has 0 radical (unpaired) electrons. The van der Waals surface area contributed by atoms with Crippen molar-refractivity contribution in [2.45, 2.75) is 20.3 Å². The quantitative estimate of drug-likeness (QED) is 0.737. The van der Waals surface area contributed by atoms with Gasteiger partial charge >= 0.3 is 0 Å². The SMILES string of the molecule is CCc1c(C(N)=O)cc(C)nc1C(N)=O. The Morgan fingerprint density at radius 3 is 2.33 bits per heavy atom. The van der Waals surface area contributed by atoms with Crippen molar-refractivity contribution in [1.82, 2.24) is 4.98 Å². The first-order valence-corrected chi connectivity index (χ1v) is 4.57. The van der Waals surface area contributed by atoms with E-state index in [1.807, 2.05) is 6.92 Å². The smallest absolute Gasteiger partial charge is 0.267 e. The Balaban J connectivity index is 3.52. The molecule has 0 atom stereocenters. The molecule has 0 unspecified atom stereocenters. The molecular weight excluding hydrogens is 194 g/mol. The summed E-state index contributed by atoms with van der Waals surface area (Å²) < 4.78 is 0. The van der Waals surface area contributed by atoms with Crippen molar-refractivity contribution in [3.63, 3.8) is 0 Å². The minimum Gasteiger partial charge on any atom is -0.366 e. The van der Waals surface area contributed by atoms with Gasteiger partial charge in [0.1, 0.15) is 5.69 Å². The van der Waals surface area contributed by atoms with E-state index in [0.29, 0.717) is 23.2 Å². The van der Waals surface area contributed by atoms with Crippen LogP contribution in [0.15, 0.2) is 6.07 Å². The summed E-state index contributed by atoms with van der Waals surface area (Å²) in [4.78, 5) is 26.3. The van der Waals surface area contributed by atoms with Crippen LogP contribution in [0.5, 0.6) is 0 Å². The number of primary amides is 2. The minimum atomic E-state index is -0.641. The number of carbonyl (C=O) groups is 2. The number of hydrogen-bond acceptors (Lipinski definition) is 3. The van der Waals surface area contributed by atoms with Crippen LogP contribution in [-0.2, 0) is 6.42 Å². The zero-order valence-electron chi connectivity index (χ0n) is 8.70. The van der Waals surface area contributed by atoms with Crippen LogP contribution in [0.2, 0.25) is 0 Å². The van der Waals surface area contributed by atoms with Gasteiger partial charge in [-0.25, -0.2) is 4.98 Å². The highest BCUT2D eigenvalue weighted by molar-refractivity contribution is 5.99. The summed E-state index contributed by atoms with van der Waals surface area (Å²) in [6, 6.07) is 1.56. The number of pyridine rings is 1. The fourth-order valence-electron chi connectivity index (χ4n) is 1.48. The van der Waals surface area contributed by atoms with Gasteiger partial charge in [-0.3, -0.25) is 9.59 Å². The number of nitrogens with zero attached hydrogens (tertiary/aromatic N) is 1. The predicted molar refractivity (Wildman–Crippen MR) is 55.4 cm³/mol. The second-order valence-electron chi connectivity index (χ2n) is 3.22. The van der Waals surface area contributed by atoms with E-state index < -0.39 is 11.8 Å². The highest BCUT2D eigenvalue weighted by Crippen LogP contribution is 2.14. The molecule has 0 bridgehead atoms. The monoisotopic (exact) mass is 207 g/mol. The van der Waals surface area contributed by atoms with Gasteiger partial charge in [-0.1, -0.05) is 6.92 Å². The lowest BCUT2D eigenvalue weighted by molar-refractivity contribution is 0.0994. The number of aryl methyl sites for hydroxylation is 1. The van der Waals surface area contributed by atoms with Crippen molar-refractivity contribution >= 4 is 11.8 Å². The topological polar surface area (TPSA) is 99.1 Å². The summed E-state index contributed by atoms with van der Waals surface area (Å²) in [5, 5.41) is 0. The van der Waals surface area contributed by atoms with Gasteiger partial charge in [0, 0.05) is 11.3 Å². The average molecular weight is 207 g/mol. The second-order valence-corrected chi connectivity index (χ2v) is 3.22. The van der Waals surface area contributed by atoms with E-state index in [4.69, 9.17) is 11.5 Å². The zero-order chi connectivity index (χ0) is 11.6. The second kappa shape index (κ2) is 4.08. The molecule has 4 N–H and O–H groups in total. The molecule has 2 amide bonds. The minimum absolute atomic E-state index is 0.131. The molecule has 1 aromatic heterocycles. The van der Waals surface area contributed by atoms with Gasteiger partial charge in [0.25, 0.3) is 5.91 Å². The van der Waals surface area contributed by atoms with E-state index in [1.54, 1.807) is 13.0 Å². The molecule has 80 valence electrons. The predicted octanol–water partition coefficient (Wildman–Crippen LogP) is 0.150. The van der Waals surface area contributed by atoms with Crippen molar-refractivity contribution in [3.8, 4) is 0 Å². The van der Waals surface area contributed by atoms with Crippen LogP contribution < -0.4 is 11.5 Å². The van der Waals surface area contributed by atoms with Gasteiger partial charge in [0.2, 0.25) is 5.91 Å². The number of hydrogen-bond donors (Lipinski definition) is 2. The van der Waals surface area contributed by atoms with Gasteiger partial charge < -0.3 is 11.5 Å². The average Bonchev–Trinajstić information content (AvgIpc) is 2.16. The van der Waals surface area contributed by atoms with Crippen LogP contribution in [0.3, 0.4) is 0 Å². The fraction of sp³-hybridized carbons (Fsp3) is 0.300. The van der Waals surface area contributed by atoms with Crippen molar-refractivity contribution in [1.29, 1.82) is 0 Å². The highest BCUT2D eigenvalue weighted by Gasteiger charge is 2.16. The van der Waals surface area contributed by atoms with Crippen LogP contribution in [-0.4, -0.2) is 16.8 Å². The molecule has 0 saturated heterocycles. The summed E-state index contributed by atoms with van der Waals surface area (Å²) in [5.41, 5.74) is 11.9. The molecule has 1 aromatic rings. The van der Waals surface area contributed by atoms with Gasteiger partial charge in [-0.15, -0.1) is 0 Å². The maximum atomic E-state index is 11.2. The summed E-state index contributed by atoms with van der Waals surface area (Å²) in [7, 11) is 0. The van der Waals surface area contributed by atoms with Crippen molar-refractivity contribution in [2.24, 2.45) is 11.5 Å². The Morgan fingerprint density at radius 2 is 1.93 bits per heavy atom. The van der Waals surface area contributed by atoms with E-state index >= 15 is 0 Å². The van der Waals surface area contributed by atoms with Gasteiger partial charge in [0.15, 0.2) is 0 Å². The molecule has 0 saturated carbocycles. The summed E-state index contributed by atoms with van der Waals surface area (Å²) in [6.45, 7) is 3.49. The molecule has 0 aromatic carbocycles. The molecule has 0 aliphatic carbocycles. The summed E-state index contributed by atoms with van der Waals surface area (Å²) >= 11 is 0. The van der Waals surface area contributed by atoms with E-state index in [2.05, 4.69) is 4.98 Å². The lowest BCUT2D eigenvalue weighted by Crippen LogP contribution is -2.21. The lowest BCUT2D eigenvalue weighted by Gasteiger charge is -2.09. The molecule has 5 heteroatoms. The number of aromatic nitrogens is 1. The van der Waals surface area contributed by atoms with Crippen LogP contribution in [0.4, 0.5) is 0 Å². The van der Waals surface area contributed by atoms with Crippen LogP contribution in [0, 0.1) is 6.92 Å². The maximum absolute atomic E-state index is 11.2. The summed E-state index contributed by atoms with van der Waals surface area (Å²) in [6.07, 6.45) is 0.490. The molecule has 0 spiro atoms. The first kappa shape index (κ1) is 11.2. The Morgan fingerprint density at radius 1 is 1.33 bits per heavy atom. The molecule has 1 heterocycles. The zero-order valence-corrected chi connectivity index (χ0v) is 8.70. The standard InChI is InChI=1S/C10H13N3O2/c1-3-6-7(9(11)14)4-5(2)13-8(6)10(12)15/h4H,3H2,1-2H3,(H2,11,14)(H2,12,15). The fourth-order valence-corrected chi connectivity index (χ4v) is 1.48. The molecular formula is C10H13N3O2. The van der Waals surface area contributed by atoms with E-state index in [1.165, 1.54) is 0 Å². The Bertz CT molecular complexity index is 392. The number of rotatable bonds is 3. The lowest BCUT2D eigenvalue weighted by atomic mass is 10.0. The third-order valence-corrected chi connectivity index (χ3v) is 2.10. The van der Waals surface area contributed by atoms with Gasteiger partial charge in [-0.05, 0) is 25.0 Å². The molecule has 0 aliphatic rings. The Hall–Kier alpha value is -1.91. The van der Waals surface area contributed by atoms with Crippen LogP contribution >= 0.6 is 0 Å². The molecule has 0 fully saturated rings. The van der Waals surface area contributed by atoms with Crippen LogP contribution in [0.25, 0.3) is 0 Å².